The minimum Gasteiger partial charge on any atom is -0.481 e. The zero-order valence-corrected chi connectivity index (χ0v) is 15.2. The lowest BCUT2D eigenvalue weighted by atomic mass is 10.1. The molecule has 3 N–H and O–H groups in total. The number of rotatable bonds is 6. The van der Waals surface area contributed by atoms with Crippen molar-refractivity contribution in [3.63, 3.8) is 0 Å². The van der Waals surface area contributed by atoms with Gasteiger partial charge in [0.15, 0.2) is 0 Å². The van der Waals surface area contributed by atoms with Crippen LogP contribution in [0.4, 0.5) is 10.5 Å². The standard InChI is InChI=1S/C17H12N2O9S/c20-10(21)5-9(16(26)27)19-15(25)13(29-17(19)28)12-7-3-1-2-4-8(7)18(14(12)24)6-11(22)23/h1-4,9H,5-6H2,(H,20,21)(H,22,23)(H,26,27)/b13-12+. The second-order valence-corrected chi connectivity index (χ2v) is 6.96. The number of anilines is 1. The molecule has 0 aromatic heterocycles. The normalized spacial score (nSPS) is 19.5. The number of aliphatic carboxylic acids is 3. The predicted octanol–water partition coefficient (Wildman–Crippen LogP) is 0.452. The lowest BCUT2D eigenvalue weighted by Gasteiger charge is -2.19. The number of carbonyl (C=O) groups is 6. The van der Waals surface area contributed by atoms with Crippen molar-refractivity contribution in [2.24, 2.45) is 0 Å². The van der Waals surface area contributed by atoms with Gasteiger partial charge in [0.1, 0.15) is 12.6 Å². The summed E-state index contributed by atoms with van der Waals surface area (Å²) < 4.78 is 0. The fourth-order valence-corrected chi connectivity index (χ4v) is 4.01. The summed E-state index contributed by atoms with van der Waals surface area (Å²) in [5, 5.41) is 26.2. The van der Waals surface area contributed by atoms with Crippen LogP contribution in [0, 0.1) is 0 Å². The highest BCUT2D eigenvalue weighted by Crippen LogP contribution is 2.44. The van der Waals surface area contributed by atoms with Crippen LogP contribution in [0.3, 0.4) is 0 Å². The van der Waals surface area contributed by atoms with Gasteiger partial charge in [-0.2, -0.15) is 0 Å². The van der Waals surface area contributed by atoms with Gasteiger partial charge >= 0.3 is 17.9 Å². The minimum atomic E-state index is -1.94. The molecule has 2 heterocycles. The van der Waals surface area contributed by atoms with Gasteiger partial charge < -0.3 is 15.3 Å². The zero-order valence-electron chi connectivity index (χ0n) is 14.4. The molecule has 1 aromatic rings. The molecule has 12 heteroatoms. The van der Waals surface area contributed by atoms with Gasteiger partial charge in [0.25, 0.3) is 17.1 Å². The monoisotopic (exact) mass is 420 g/mol. The number of para-hydroxylation sites is 1. The molecule has 2 aliphatic heterocycles. The molecule has 150 valence electrons. The Kier molecular flexibility index (Phi) is 5.12. The first-order valence-electron chi connectivity index (χ1n) is 8.00. The average Bonchev–Trinajstić information content (AvgIpc) is 3.06. The molecule has 1 aromatic carbocycles. The van der Waals surface area contributed by atoms with Crippen molar-refractivity contribution < 1.29 is 44.1 Å². The number of imide groups is 1. The van der Waals surface area contributed by atoms with Gasteiger partial charge in [0, 0.05) is 5.56 Å². The van der Waals surface area contributed by atoms with E-state index in [1.807, 2.05) is 0 Å². The van der Waals surface area contributed by atoms with Crippen molar-refractivity contribution in [1.82, 2.24) is 4.90 Å². The lowest BCUT2D eigenvalue weighted by molar-refractivity contribution is -0.150. The highest BCUT2D eigenvalue weighted by molar-refractivity contribution is 8.18. The van der Waals surface area contributed by atoms with Gasteiger partial charge in [-0.05, 0) is 17.8 Å². The molecule has 11 nitrogen and oxygen atoms in total. The summed E-state index contributed by atoms with van der Waals surface area (Å²) in [4.78, 5) is 72.2. The maximum atomic E-state index is 12.8. The minimum absolute atomic E-state index is 0.217. The topological polar surface area (TPSA) is 170 Å². The zero-order chi connectivity index (χ0) is 21.5. The van der Waals surface area contributed by atoms with Crippen LogP contribution in [0.25, 0.3) is 5.57 Å². The molecule has 0 bridgehead atoms. The van der Waals surface area contributed by atoms with Crippen LogP contribution in [0.15, 0.2) is 29.2 Å². The number of carboxylic acid groups (broad SMARTS) is 3. The second kappa shape index (κ2) is 7.39. The van der Waals surface area contributed by atoms with E-state index in [2.05, 4.69) is 0 Å². The Hall–Kier alpha value is -3.67. The van der Waals surface area contributed by atoms with Crippen LogP contribution in [0.5, 0.6) is 0 Å². The van der Waals surface area contributed by atoms with E-state index in [1.54, 1.807) is 12.1 Å². The molecule has 0 radical (unpaired) electrons. The SMILES string of the molecule is O=C(O)CC(C(=O)O)N1C(=O)S/C(=C2/C(=O)N(CC(=O)O)c3ccccc32)C1=O. The van der Waals surface area contributed by atoms with Crippen LogP contribution >= 0.6 is 11.8 Å². The summed E-state index contributed by atoms with van der Waals surface area (Å²) in [7, 11) is 0. The maximum absolute atomic E-state index is 12.8. The molecule has 0 spiro atoms. The fourth-order valence-electron chi connectivity index (χ4n) is 3.05. The van der Waals surface area contributed by atoms with E-state index in [9.17, 15) is 33.9 Å². The molecule has 3 rings (SSSR count). The largest absolute Gasteiger partial charge is 0.481 e. The number of fused-ring (bicyclic) bond motifs is 1. The van der Waals surface area contributed by atoms with Gasteiger partial charge in [-0.3, -0.25) is 33.8 Å². The molecule has 1 fully saturated rings. The van der Waals surface area contributed by atoms with Crippen molar-refractivity contribution in [1.29, 1.82) is 0 Å². The first-order chi connectivity index (χ1) is 13.6. The number of amides is 3. The molecule has 3 amide bonds. The van der Waals surface area contributed by atoms with Crippen LogP contribution in [0.1, 0.15) is 12.0 Å². The van der Waals surface area contributed by atoms with Crippen molar-refractivity contribution in [3.05, 3.63) is 34.7 Å². The van der Waals surface area contributed by atoms with E-state index < -0.39 is 54.0 Å². The van der Waals surface area contributed by atoms with Crippen LogP contribution in [-0.4, -0.2) is 67.8 Å². The van der Waals surface area contributed by atoms with E-state index in [0.29, 0.717) is 16.7 Å². The molecular formula is C17H12N2O9S. The molecule has 1 unspecified atom stereocenters. The Labute approximate surface area is 166 Å². The van der Waals surface area contributed by atoms with E-state index in [4.69, 9.17) is 10.2 Å². The Morgan fingerprint density at radius 2 is 1.62 bits per heavy atom. The molecular weight excluding hydrogens is 408 g/mol. The van der Waals surface area contributed by atoms with Gasteiger partial charge in [-0.1, -0.05) is 18.2 Å². The third-order valence-corrected chi connectivity index (χ3v) is 5.16. The molecule has 0 saturated carbocycles. The van der Waals surface area contributed by atoms with E-state index >= 15 is 0 Å². The number of benzene rings is 1. The summed E-state index contributed by atoms with van der Waals surface area (Å²) in [6.45, 7) is -0.681. The first kappa shape index (κ1) is 20.1. The van der Waals surface area contributed by atoms with Gasteiger partial charge in [-0.25, -0.2) is 4.79 Å². The second-order valence-electron chi connectivity index (χ2n) is 6.00. The van der Waals surface area contributed by atoms with Crippen LogP contribution < -0.4 is 4.90 Å². The van der Waals surface area contributed by atoms with Crippen molar-refractivity contribution in [2.75, 3.05) is 11.4 Å². The smallest absolute Gasteiger partial charge is 0.327 e. The van der Waals surface area contributed by atoms with Crippen LogP contribution in [0.2, 0.25) is 0 Å². The van der Waals surface area contributed by atoms with Crippen molar-refractivity contribution in [3.8, 4) is 0 Å². The lowest BCUT2D eigenvalue weighted by Crippen LogP contribution is -2.45. The Bertz CT molecular complexity index is 1020. The maximum Gasteiger partial charge on any atom is 0.327 e. The summed E-state index contributed by atoms with van der Waals surface area (Å²) in [5.41, 5.74) is 0.212. The average molecular weight is 420 g/mol. The summed E-state index contributed by atoms with van der Waals surface area (Å²) in [6, 6.07) is 4.09. The third kappa shape index (κ3) is 3.45. The van der Waals surface area contributed by atoms with Gasteiger partial charge in [0.2, 0.25) is 0 Å². The highest BCUT2D eigenvalue weighted by Gasteiger charge is 2.48. The Morgan fingerprint density at radius 3 is 2.21 bits per heavy atom. The van der Waals surface area contributed by atoms with E-state index in [1.165, 1.54) is 12.1 Å². The summed E-state index contributed by atoms with van der Waals surface area (Å²) in [6.07, 6.45) is -1.01. The first-order valence-corrected chi connectivity index (χ1v) is 8.82. The van der Waals surface area contributed by atoms with Gasteiger partial charge in [-0.15, -0.1) is 0 Å². The number of hydrogen-bond donors (Lipinski definition) is 3. The van der Waals surface area contributed by atoms with E-state index in [0.717, 1.165) is 4.90 Å². The number of hydrogen-bond acceptors (Lipinski definition) is 7. The Morgan fingerprint density at radius 1 is 0.966 bits per heavy atom. The molecule has 1 atom stereocenters. The summed E-state index contributed by atoms with van der Waals surface area (Å²) >= 11 is 0.306. The molecule has 0 aliphatic carbocycles. The number of carboxylic acids is 3. The predicted molar refractivity (Wildman–Crippen MR) is 96.9 cm³/mol. The van der Waals surface area contributed by atoms with Crippen molar-refractivity contribution in [2.45, 2.75) is 12.5 Å². The highest BCUT2D eigenvalue weighted by atomic mass is 32.2. The fraction of sp³-hybridized carbons (Fsp3) is 0.176. The third-order valence-electron chi connectivity index (χ3n) is 4.21. The number of carbonyl (C=O) groups excluding carboxylic acids is 3. The Balaban J connectivity index is 2.10. The van der Waals surface area contributed by atoms with Gasteiger partial charge in [0.05, 0.1) is 22.6 Å². The molecule has 29 heavy (non-hydrogen) atoms. The van der Waals surface area contributed by atoms with E-state index in [-0.39, 0.29) is 21.7 Å². The summed E-state index contributed by atoms with van der Waals surface area (Å²) in [5.74, 6) is -6.46. The van der Waals surface area contributed by atoms with Crippen LogP contribution in [-0.2, 0) is 24.0 Å². The number of nitrogens with zero attached hydrogens (tertiary/aromatic N) is 2. The molecule has 1 saturated heterocycles. The number of thioether (sulfide) groups is 1. The molecule has 2 aliphatic rings. The quantitative estimate of drug-likeness (QED) is 0.549. The van der Waals surface area contributed by atoms with Crippen molar-refractivity contribution >= 4 is 58.0 Å².